The average molecular weight is 288 g/mol. The molecule has 0 bridgehead atoms. The summed E-state index contributed by atoms with van der Waals surface area (Å²) in [6.07, 6.45) is 0. The monoisotopic (exact) mass is 287 g/mol. The van der Waals surface area contributed by atoms with Gasteiger partial charge in [0.1, 0.15) is 11.6 Å². The maximum Gasteiger partial charge on any atom is 0.288 e. The summed E-state index contributed by atoms with van der Waals surface area (Å²) in [5.74, 6) is -0.520. The van der Waals surface area contributed by atoms with Crippen LogP contribution in [0.5, 0.6) is 0 Å². The molecule has 19 heavy (non-hydrogen) atoms. The highest BCUT2D eigenvalue weighted by atomic mass is 35.5. The molecular weight excluding hydrogens is 274 g/mol. The first-order valence-electron chi connectivity index (χ1n) is 5.50. The minimum atomic E-state index is -0.526. The molecule has 104 valence electrons. The first-order valence-corrected chi connectivity index (χ1v) is 5.88. The van der Waals surface area contributed by atoms with Crippen molar-refractivity contribution in [1.29, 1.82) is 0 Å². The molecular formula is C11H14ClN3O4. The van der Waals surface area contributed by atoms with E-state index in [1.807, 2.05) is 0 Å². The van der Waals surface area contributed by atoms with E-state index in [4.69, 9.17) is 22.1 Å². The van der Waals surface area contributed by atoms with E-state index in [2.05, 4.69) is 5.32 Å². The first kappa shape index (κ1) is 15.4. The Morgan fingerprint density at radius 1 is 1.53 bits per heavy atom. The van der Waals surface area contributed by atoms with Crippen molar-refractivity contribution in [1.82, 2.24) is 5.32 Å². The maximum absolute atomic E-state index is 10.7. The number of nitrogens with two attached hydrogens (primary N) is 1. The van der Waals surface area contributed by atoms with Crippen molar-refractivity contribution in [3.8, 4) is 0 Å². The summed E-state index contributed by atoms with van der Waals surface area (Å²) < 4.78 is 4.95. The molecule has 0 aliphatic heterocycles. The first-order chi connectivity index (χ1) is 9.00. The fourth-order valence-corrected chi connectivity index (χ4v) is 1.54. The second kappa shape index (κ2) is 7.67. The highest BCUT2D eigenvalue weighted by molar-refractivity contribution is 6.32. The Labute approximate surface area is 114 Å². The van der Waals surface area contributed by atoms with Gasteiger partial charge in [-0.2, -0.15) is 0 Å². The fraction of sp³-hybridized carbons (Fsp3) is 0.364. The second-order valence-electron chi connectivity index (χ2n) is 3.74. The number of hydrogen-bond acceptors (Lipinski definition) is 5. The van der Waals surface area contributed by atoms with Gasteiger partial charge in [-0.3, -0.25) is 14.9 Å². The summed E-state index contributed by atoms with van der Waals surface area (Å²) in [6, 6.07) is 4.60. The predicted molar refractivity (Wildman–Crippen MR) is 69.8 cm³/mol. The third-order valence-electron chi connectivity index (χ3n) is 2.20. The number of primary amides is 1. The number of rotatable bonds is 8. The van der Waals surface area contributed by atoms with Crippen LogP contribution in [0.1, 0.15) is 5.56 Å². The Balaban J connectivity index is 2.35. The van der Waals surface area contributed by atoms with E-state index in [9.17, 15) is 14.9 Å². The zero-order valence-electron chi connectivity index (χ0n) is 10.1. The summed E-state index contributed by atoms with van der Waals surface area (Å²) in [6.45, 7) is 1.16. The molecule has 7 nitrogen and oxygen atoms in total. The van der Waals surface area contributed by atoms with Gasteiger partial charge in [0.2, 0.25) is 5.91 Å². The molecule has 0 atom stereocenters. The summed E-state index contributed by atoms with van der Waals surface area (Å²) >= 11 is 5.70. The van der Waals surface area contributed by atoms with Crippen LogP contribution in [-0.4, -0.2) is 30.6 Å². The third kappa shape index (κ3) is 5.64. The fourth-order valence-electron chi connectivity index (χ4n) is 1.36. The van der Waals surface area contributed by atoms with Crippen molar-refractivity contribution in [2.45, 2.75) is 6.54 Å². The molecule has 0 fully saturated rings. The minimum Gasteiger partial charge on any atom is -0.370 e. The molecule has 0 heterocycles. The predicted octanol–water partition coefficient (Wildman–Crippen LogP) is 0.840. The summed E-state index contributed by atoms with van der Waals surface area (Å²) in [5.41, 5.74) is 5.52. The van der Waals surface area contributed by atoms with Crippen LogP contribution in [0.15, 0.2) is 18.2 Å². The molecule has 0 aliphatic carbocycles. The third-order valence-corrected chi connectivity index (χ3v) is 2.52. The van der Waals surface area contributed by atoms with E-state index in [1.54, 1.807) is 6.07 Å². The zero-order chi connectivity index (χ0) is 14.3. The molecule has 8 heteroatoms. The van der Waals surface area contributed by atoms with Crippen LogP contribution in [0.25, 0.3) is 0 Å². The van der Waals surface area contributed by atoms with Gasteiger partial charge in [0.25, 0.3) is 5.69 Å². The molecule has 1 aromatic carbocycles. The van der Waals surface area contributed by atoms with Gasteiger partial charge in [-0.1, -0.05) is 17.7 Å². The molecule has 0 saturated heterocycles. The van der Waals surface area contributed by atoms with E-state index in [-0.39, 0.29) is 17.3 Å². The van der Waals surface area contributed by atoms with Crippen molar-refractivity contribution in [3.63, 3.8) is 0 Å². The van der Waals surface area contributed by atoms with E-state index in [1.165, 1.54) is 12.1 Å². The molecule has 0 radical (unpaired) electrons. The van der Waals surface area contributed by atoms with Crippen LogP contribution in [0.2, 0.25) is 5.02 Å². The number of nitro groups is 1. The summed E-state index contributed by atoms with van der Waals surface area (Å²) in [5, 5.41) is 13.8. The van der Waals surface area contributed by atoms with Gasteiger partial charge in [0.05, 0.1) is 11.5 Å². The lowest BCUT2D eigenvalue weighted by Gasteiger charge is -2.05. The van der Waals surface area contributed by atoms with Crippen LogP contribution in [0.3, 0.4) is 0 Å². The van der Waals surface area contributed by atoms with Crippen molar-refractivity contribution in [2.24, 2.45) is 5.73 Å². The van der Waals surface area contributed by atoms with Gasteiger partial charge < -0.3 is 15.8 Å². The van der Waals surface area contributed by atoms with E-state index in [0.717, 1.165) is 5.56 Å². The molecule has 0 spiro atoms. The maximum atomic E-state index is 10.7. The standard InChI is InChI=1S/C11H14ClN3O4/c12-9-2-1-8(5-10(9)15(17)18)6-14-3-4-19-7-11(13)16/h1-2,5,14H,3-4,6-7H2,(H2,13,16). The van der Waals surface area contributed by atoms with Crippen LogP contribution in [0, 0.1) is 10.1 Å². The molecule has 0 saturated carbocycles. The molecule has 0 aromatic heterocycles. The number of amides is 1. The molecule has 1 rings (SSSR count). The Bertz CT molecular complexity index is 467. The number of nitro benzene ring substituents is 1. The van der Waals surface area contributed by atoms with Gasteiger partial charge in [-0.25, -0.2) is 0 Å². The van der Waals surface area contributed by atoms with Crippen molar-refractivity contribution >= 4 is 23.2 Å². The molecule has 1 aromatic rings. The number of carbonyl (C=O) groups excluding carboxylic acids is 1. The van der Waals surface area contributed by atoms with Crippen molar-refractivity contribution < 1.29 is 14.5 Å². The highest BCUT2D eigenvalue weighted by Crippen LogP contribution is 2.24. The van der Waals surface area contributed by atoms with Gasteiger partial charge in [-0.05, 0) is 11.6 Å². The molecule has 0 aliphatic rings. The highest BCUT2D eigenvalue weighted by Gasteiger charge is 2.12. The number of hydrogen-bond donors (Lipinski definition) is 2. The quantitative estimate of drug-likeness (QED) is 0.418. The van der Waals surface area contributed by atoms with Crippen molar-refractivity contribution in [3.05, 3.63) is 38.9 Å². The van der Waals surface area contributed by atoms with Gasteiger partial charge in [0, 0.05) is 19.2 Å². The number of halogens is 1. The second-order valence-corrected chi connectivity index (χ2v) is 4.15. The van der Waals surface area contributed by atoms with E-state index in [0.29, 0.717) is 19.7 Å². The van der Waals surface area contributed by atoms with Gasteiger partial charge in [-0.15, -0.1) is 0 Å². The zero-order valence-corrected chi connectivity index (χ0v) is 10.9. The number of carbonyl (C=O) groups is 1. The van der Waals surface area contributed by atoms with E-state index >= 15 is 0 Å². The lowest BCUT2D eigenvalue weighted by molar-refractivity contribution is -0.384. The van der Waals surface area contributed by atoms with Crippen LogP contribution in [0.4, 0.5) is 5.69 Å². The topological polar surface area (TPSA) is 107 Å². The lowest BCUT2D eigenvalue weighted by atomic mass is 10.2. The van der Waals surface area contributed by atoms with Crippen LogP contribution in [-0.2, 0) is 16.1 Å². The van der Waals surface area contributed by atoms with Crippen LogP contribution < -0.4 is 11.1 Å². The smallest absolute Gasteiger partial charge is 0.288 e. The summed E-state index contributed by atoms with van der Waals surface area (Å²) in [4.78, 5) is 20.6. The Morgan fingerprint density at radius 3 is 2.89 bits per heavy atom. The van der Waals surface area contributed by atoms with Gasteiger partial charge >= 0.3 is 0 Å². The lowest BCUT2D eigenvalue weighted by Crippen LogP contribution is -2.23. The Morgan fingerprint density at radius 2 is 2.26 bits per heavy atom. The van der Waals surface area contributed by atoms with Crippen molar-refractivity contribution in [2.75, 3.05) is 19.8 Å². The average Bonchev–Trinajstić information content (AvgIpc) is 2.34. The normalized spacial score (nSPS) is 10.4. The van der Waals surface area contributed by atoms with E-state index < -0.39 is 10.8 Å². The molecule has 3 N–H and O–H groups in total. The Kier molecular flexibility index (Phi) is 6.20. The SMILES string of the molecule is NC(=O)COCCNCc1ccc(Cl)c([N+](=O)[O-])c1. The summed E-state index contributed by atoms with van der Waals surface area (Å²) in [7, 11) is 0. The number of nitrogens with zero attached hydrogens (tertiary/aromatic N) is 1. The molecule has 0 unspecified atom stereocenters. The van der Waals surface area contributed by atoms with Gasteiger partial charge in [0.15, 0.2) is 0 Å². The number of benzene rings is 1. The number of ether oxygens (including phenoxy) is 1. The minimum absolute atomic E-state index is 0.110. The number of nitrogens with one attached hydrogen (secondary N) is 1. The largest absolute Gasteiger partial charge is 0.370 e. The Hall–Kier alpha value is -1.70. The molecule has 1 amide bonds. The van der Waals surface area contributed by atoms with Crippen LogP contribution >= 0.6 is 11.6 Å².